The van der Waals surface area contributed by atoms with Crippen LogP contribution in [0.15, 0.2) is 34.9 Å². The molecule has 0 saturated heterocycles. The molecule has 98 valence electrons. The van der Waals surface area contributed by atoms with Crippen LogP contribution in [0.4, 0.5) is 4.39 Å². The third-order valence-corrected chi connectivity index (χ3v) is 3.12. The summed E-state index contributed by atoms with van der Waals surface area (Å²) in [5, 5.41) is 7.22. The van der Waals surface area contributed by atoms with E-state index >= 15 is 0 Å². The van der Waals surface area contributed by atoms with E-state index in [4.69, 9.17) is 27.5 Å². The van der Waals surface area contributed by atoms with Crippen molar-refractivity contribution in [3.05, 3.63) is 51.5 Å². The Labute approximate surface area is 122 Å². The lowest BCUT2D eigenvalue weighted by Gasteiger charge is -2.08. The number of aromatic nitrogens is 1. The highest BCUT2D eigenvalue weighted by atomic mass is 79.9. The van der Waals surface area contributed by atoms with Gasteiger partial charge in [-0.15, -0.1) is 0 Å². The molecular formula is C12H8BrClFN3O. The van der Waals surface area contributed by atoms with E-state index in [1.54, 1.807) is 6.07 Å². The highest BCUT2D eigenvalue weighted by Gasteiger charge is 2.09. The van der Waals surface area contributed by atoms with Crippen LogP contribution in [0.1, 0.15) is 5.69 Å². The average molecular weight is 345 g/mol. The average Bonchev–Trinajstić information content (AvgIpc) is 2.36. The van der Waals surface area contributed by atoms with Gasteiger partial charge in [-0.25, -0.2) is 9.37 Å². The van der Waals surface area contributed by atoms with Crippen molar-refractivity contribution in [3.8, 4) is 11.5 Å². The van der Waals surface area contributed by atoms with Crippen LogP contribution in [0.25, 0.3) is 0 Å². The van der Waals surface area contributed by atoms with Crippen LogP contribution in [0.2, 0.25) is 5.02 Å². The standard InChI is InChI=1S/C12H8BrClFN3O/c13-7-3-8(14)9(15)4-11(7)19-6-1-2-10(12(16)17)18-5-6/h1-5H,(H3,16,17). The second-order valence-corrected chi connectivity index (χ2v) is 4.85. The molecular weight excluding hydrogens is 337 g/mol. The van der Waals surface area contributed by atoms with Crippen molar-refractivity contribution in [3.63, 3.8) is 0 Å². The van der Waals surface area contributed by atoms with Gasteiger partial charge < -0.3 is 10.5 Å². The lowest BCUT2D eigenvalue weighted by molar-refractivity contribution is 0.471. The number of benzene rings is 1. The van der Waals surface area contributed by atoms with E-state index < -0.39 is 5.82 Å². The molecule has 1 aromatic heterocycles. The summed E-state index contributed by atoms with van der Waals surface area (Å²) in [5.41, 5.74) is 5.63. The maximum atomic E-state index is 13.3. The van der Waals surface area contributed by atoms with Crippen molar-refractivity contribution in [1.29, 1.82) is 5.41 Å². The Hall–Kier alpha value is -1.66. The maximum Gasteiger partial charge on any atom is 0.145 e. The molecule has 2 rings (SSSR count). The van der Waals surface area contributed by atoms with Crippen LogP contribution >= 0.6 is 27.5 Å². The molecule has 0 unspecified atom stereocenters. The number of amidine groups is 1. The number of rotatable bonds is 3. The molecule has 0 saturated carbocycles. The maximum absolute atomic E-state index is 13.3. The van der Waals surface area contributed by atoms with Crippen LogP contribution < -0.4 is 10.5 Å². The third kappa shape index (κ3) is 3.21. The molecule has 4 nitrogen and oxygen atoms in total. The van der Waals surface area contributed by atoms with E-state index in [0.29, 0.717) is 15.9 Å². The van der Waals surface area contributed by atoms with E-state index in [2.05, 4.69) is 20.9 Å². The van der Waals surface area contributed by atoms with Gasteiger partial charge in [-0.1, -0.05) is 11.6 Å². The molecule has 19 heavy (non-hydrogen) atoms. The molecule has 0 radical (unpaired) electrons. The lowest BCUT2D eigenvalue weighted by atomic mass is 10.3. The van der Waals surface area contributed by atoms with Gasteiger partial charge in [0, 0.05) is 6.07 Å². The zero-order valence-electron chi connectivity index (χ0n) is 9.45. The van der Waals surface area contributed by atoms with Crippen LogP contribution in [-0.4, -0.2) is 10.8 Å². The number of nitrogens with one attached hydrogen (secondary N) is 1. The topological polar surface area (TPSA) is 72.0 Å². The summed E-state index contributed by atoms with van der Waals surface area (Å²) >= 11 is 8.86. The summed E-state index contributed by atoms with van der Waals surface area (Å²) in [6.45, 7) is 0. The van der Waals surface area contributed by atoms with Crippen LogP contribution in [0.5, 0.6) is 11.5 Å². The van der Waals surface area contributed by atoms with Crippen molar-refractivity contribution in [2.45, 2.75) is 0 Å². The van der Waals surface area contributed by atoms with Gasteiger partial charge in [-0.2, -0.15) is 0 Å². The van der Waals surface area contributed by atoms with Gasteiger partial charge in [0.15, 0.2) is 0 Å². The molecule has 2 aromatic rings. The third-order valence-electron chi connectivity index (χ3n) is 2.21. The number of nitrogen functional groups attached to an aromatic ring is 1. The minimum atomic E-state index is -0.576. The Bertz CT molecular complexity index is 634. The van der Waals surface area contributed by atoms with E-state index in [1.807, 2.05) is 0 Å². The summed E-state index contributed by atoms with van der Waals surface area (Å²) in [4.78, 5) is 3.93. The van der Waals surface area contributed by atoms with Crippen LogP contribution in [-0.2, 0) is 0 Å². The Kier molecular flexibility index (Phi) is 4.01. The van der Waals surface area contributed by atoms with E-state index in [-0.39, 0.29) is 16.6 Å². The quantitative estimate of drug-likeness (QED) is 0.506. The molecule has 0 fully saturated rings. The van der Waals surface area contributed by atoms with Gasteiger partial charge in [0.05, 0.1) is 15.7 Å². The second-order valence-electron chi connectivity index (χ2n) is 3.59. The number of halogens is 3. The number of nitrogens with two attached hydrogens (primary N) is 1. The van der Waals surface area contributed by atoms with Crippen molar-refractivity contribution < 1.29 is 9.13 Å². The smallest absolute Gasteiger partial charge is 0.145 e. The number of nitrogens with zero attached hydrogens (tertiary/aromatic N) is 1. The molecule has 0 aliphatic heterocycles. The van der Waals surface area contributed by atoms with Gasteiger partial charge >= 0.3 is 0 Å². The first-order valence-corrected chi connectivity index (χ1v) is 6.27. The van der Waals surface area contributed by atoms with E-state index in [0.717, 1.165) is 0 Å². The Morgan fingerprint density at radius 1 is 1.42 bits per heavy atom. The highest BCUT2D eigenvalue weighted by molar-refractivity contribution is 9.10. The predicted molar refractivity (Wildman–Crippen MR) is 74.4 cm³/mol. The molecule has 0 spiro atoms. The summed E-state index contributed by atoms with van der Waals surface area (Å²) < 4.78 is 19.3. The summed E-state index contributed by atoms with van der Waals surface area (Å²) in [7, 11) is 0. The van der Waals surface area contributed by atoms with E-state index in [9.17, 15) is 4.39 Å². The number of ether oxygens (including phenoxy) is 1. The normalized spacial score (nSPS) is 10.3. The van der Waals surface area contributed by atoms with Gasteiger partial charge in [0.25, 0.3) is 0 Å². The molecule has 1 heterocycles. The molecule has 0 amide bonds. The highest BCUT2D eigenvalue weighted by Crippen LogP contribution is 2.33. The van der Waals surface area contributed by atoms with Gasteiger partial charge in [0.1, 0.15) is 28.8 Å². The second kappa shape index (κ2) is 5.54. The van der Waals surface area contributed by atoms with Gasteiger partial charge in [-0.05, 0) is 34.1 Å². The summed E-state index contributed by atoms with van der Waals surface area (Å²) in [5.74, 6) is -0.0369. The fourth-order valence-corrected chi connectivity index (χ4v) is 2.03. The minimum absolute atomic E-state index is 0.00396. The van der Waals surface area contributed by atoms with Crippen molar-refractivity contribution in [2.75, 3.05) is 0 Å². The van der Waals surface area contributed by atoms with Crippen molar-refractivity contribution >= 4 is 33.4 Å². The molecule has 0 aliphatic rings. The molecule has 0 bridgehead atoms. The summed E-state index contributed by atoms with van der Waals surface area (Å²) in [6, 6.07) is 5.70. The zero-order valence-corrected chi connectivity index (χ0v) is 11.8. The molecule has 0 aliphatic carbocycles. The Balaban J connectivity index is 2.26. The molecule has 7 heteroatoms. The van der Waals surface area contributed by atoms with Crippen LogP contribution in [0, 0.1) is 11.2 Å². The zero-order chi connectivity index (χ0) is 14.0. The molecule has 3 N–H and O–H groups in total. The first-order valence-electron chi connectivity index (χ1n) is 5.10. The molecule has 1 aromatic carbocycles. The first kappa shape index (κ1) is 13.8. The van der Waals surface area contributed by atoms with Crippen molar-refractivity contribution in [1.82, 2.24) is 4.98 Å². The van der Waals surface area contributed by atoms with Crippen molar-refractivity contribution in [2.24, 2.45) is 5.73 Å². The number of hydrogen-bond donors (Lipinski definition) is 2. The lowest BCUT2D eigenvalue weighted by Crippen LogP contribution is -2.12. The largest absolute Gasteiger partial charge is 0.454 e. The predicted octanol–water partition coefficient (Wildman–Crippen LogP) is 3.71. The fraction of sp³-hybridized carbons (Fsp3) is 0. The fourth-order valence-electron chi connectivity index (χ4n) is 1.31. The Morgan fingerprint density at radius 3 is 2.74 bits per heavy atom. The number of pyridine rings is 1. The number of hydrogen-bond acceptors (Lipinski definition) is 3. The summed E-state index contributed by atoms with van der Waals surface area (Å²) in [6.07, 6.45) is 1.40. The van der Waals surface area contributed by atoms with Gasteiger partial charge in [-0.3, -0.25) is 5.41 Å². The molecule has 0 atom stereocenters. The monoisotopic (exact) mass is 343 g/mol. The first-order chi connectivity index (χ1) is 8.97. The van der Waals surface area contributed by atoms with E-state index in [1.165, 1.54) is 24.4 Å². The minimum Gasteiger partial charge on any atom is -0.454 e. The Morgan fingerprint density at radius 2 is 2.16 bits per heavy atom. The SMILES string of the molecule is N=C(N)c1ccc(Oc2cc(F)c(Cl)cc2Br)cn1. The van der Waals surface area contributed by atoms with Crippen LogP contribution in [0.3, 0.4) is 0 Å². The van der Waals surface area contributed by atoms with Gasteiger partial charge in [0.2, 0.25) is 0 Å².